The number of hydrogen-bond donors (Lipinski definition) is 2. The van der Waals surface area contributed by atoms with E-state index < -0.39 is 18.4 Å². The van der Waals surface area contributed by atoms with Crippen molar-refractivity contribution in [3.05, 3.63) is 47.0 Å². The molecule has 2 aliphatic carbocycles. The molecule has 1 saturated carbocycles. The van der Waals surface area contributed by atoms with Crippen LogP contribution in [0, 0.1) is 5.92 Å². The van der Waals surface area contributed by atoms with Crippen molar-refractivity contribution in [3.63, 3.8) is 0 Å². The number of aryl methyl sites for hydroxylation is 1. The van der Waals surface area contributed by atoms with Gasteiger partial charge in [-0.3, -0.25) is 4.79 Å². The summed E-state index contributed by atoms with van der Waals surface area (Å²) in [6.07, 6.45) is 6.00. The van der Waals surface area contributed by atoms with Crippen molar-refractivity contribution in [2.75, 3.05) is 7.11 Å². The third kappa shape index (κ3) is 4.58. The monoisotopic (exact) mass is 376 g/mol. The first-order chi connectivity index (χ1) is 13.0. The maximum absolute atomic E-state index is 14.5. The molecule has 2 unspecified atom stereocenters. The van der Waals surface area contributed by atoms with Crippen LogP contribution in [-0.4, -0.2) is 35.6 Å². The number of hydrogen-bond acceptors (Lipinski definition) is 4. The number of rotatable bonds is 7. The lowest BCUT2D eigenvalue weighted by Gasteiger charge is -2.23. The van der Waals surface area contributed by atoms with Gasteiger partial charge in [-0.25, -0.2) is 4.39 Å². The number of aliphatic hydroxyl groups excluding tert-OH is 2. The van der Waals surface area contributed by atoms with Crippen LogP contribution in [0.25, 0.3) is 0 Å². The van der Waals surface area contributed by atoms with E-state index in [9.17, 15) is 19.4 Å². The molecule has 1 aromatic carbocycles. The number of benzene rings is 1. The number of ether oxygens (including phenoxy) is 1. The summed E-state index contributed by atoms with van der Waals surface area (Å²) in [5, 5.41) is 20.4. The van der Waals surface area contributed by atoms with Crippen molar-refractivity contribution in [2.24, 2.45) is 5.92 Å². The van der Waals surface area contributed by atoms with Crippen LogP contribution in [0.4, 0.5) is 4.39 Å². The Hall–Kier alpha value is -1.72. The van der Waals surface area contributed by atoms with Crippen molar-refractivity contribution in [2.45, 2.75) is 69.2 Å². The molecule has 0 aliphatic heterocycles. The van der Waals surface area contributed by atoms with E-state index >= 15 is 0 Å². The van der Waals surface area contributed by atoms with Crippen LogP contribution in [0.15, 0.2) is 30.4 Å². The Morgan fingerprint density at radius 3 is 2.93 bits per heavy atom. The summed E-state index contributed by atoms with van der Waals surface area (Å²) in [5.74, 6) is -0.683. The van der Waals surface area contributed by atoms with E-state index in [1.807, 2.05) is 30.4 Å². The molecule has 148 valence electrons. The maximum Gasteiger partial charge on any atom is 0.305 e. The van der Waals surface area contributed by atoms with Gasteiger partial charge in [0.1, 0.15) is 6.17 Å². The zero-order valence-electron chi connectivity index (χ0n) is 15.8. The number of carbonyl (C=O) groups is 1. The average Bonchev–Trinajstić information content (AvgIpc) is 3.16. The van der Waals surface area contributed by atoms with Gasteiger partial charge in [-0.2, -0.15) is 0 Å². The van der Waals surface area contributed by atoms with Gasteiger partial charge in [0.15, 0.2) is 0 Å². The highest BCUT2D eigenvalue weighted by atomic mass is 19.1. The summed E-state index contributed by atoms with van der Waals surface area (Å²) >= 11 is 0. The van der Waals surface area contributed by atoms with Crippen LogP contribution in [0.1, 0.15) is 67.2 Å². The molecule has 0 amide bonds. The SMILES string of the molecule is COC(=O)CCC/C=C\C[C@H]1C(F)C[C@@H](O)[C@@H]1c1ccc2c(c1)CCC2O. The molecule has 27 heavy (non-hydrogen) atoms. The summed E-state index contributed by atoms with van der Waals surface area (Å²) in [5.41, 5.74) is 3.05. The quantitative estimate of drug-likeness (QED) is 0.432. The van der Waals surface area contributed by atoms with Gasteiger partial charge in [0, 0.05) is 24.7 Å². The predicted octanol–water partition coefficient (Wildman–Crippen LogP) is 3.76. The topological polar surface area (TPSA) is 66.8 Å². The minimum Gasteiger partial charge on any atom is -0.469 e. The number of halogens is 1. The van der Waals surface area contributed by atoms with Gasteiger partial charge in [-0.15, -0.1) is 0 Å². The fourth-order valence-corrected chi connectivity index (χ4v) is 4.49. The molecule has 5 heteroatoms. The lowest BCUT2D eigenvalue weighted by molar-refractivity contribution is -0.140. The molecule has 1 aromatic rings. The average molecular weight is 376 g/mol. The first kappa shape index (κ1) is 20.0. The zero-order valence-corrected chi connectivity index (χ0v) is 15.8. The Morgan fingerprint density at radius 2 is 2.15 bits per heavy atom. The molecule has 0 heterocycles. The number of fused-ring (bicyclic) bond motifs is 1. The van der Waals surface area contributed by atoms with Crippen LogP contribution in [0.2, 0.25) is 0 Å². The second kappa shape index (κ2) is 8.98. The van der Waals surface area contributed by atoms with Gasteiger partial charge >= 0.3 is 5.97 Å². The number of allylic oxidation sites excluding steroid dienone is 2. The zero-order chi connectivity index (χ0) is 19.4. The van der Waals surface area contributed by atoms with E-state index in [4.69, 9.17) is 0 Å². The predicted molar refractivity (Wildman–Crippen MR) is 101 cm³/mol. The summed E-state index contributed by atoms with van der Waals surface area (Å²) in [6.45, 7) is 0. The van der Waals surface area contributed by atoms with Gasteiger partial charge in [0.25, 0.3) is 0 Å². The van der Waals surface area contributed by atoms with Crippen molar-refractivity contribution in [1.29, 1.82) is 0 Å². The van der Waals surface area contributed by atoms with Gasteiger partial charge in [-0.05, 0) is 48.8 Å². The third-order valence-electron chi connectivity index (χ3n) is 5.96. The Morgan fingerprint density at radius 1 is 1.33 bits per heavy atom. The van der Waals surface area contributed by atoms with Crippen molar-refractivity contribution < 1.29 is 24.1 Å². The fourth-order valence-electron chi connectivity index (χ4n) is 4.49. The number of alkyl halides is 1. The molecule has 0 bridgehead atoms. The second-order valence-electron chi connectivity index (χ2n) is 7.70. The molecular weight excluding hydrogens is 347 g/mol. The van der Waals surface area contributed by atoms with Crippen molar-refractivity contribution >= 4 is 5.97 Å². The molecule has 0 radical (unpaired) electrons. The highest BCUT2D eigenvalue weighted by Gasteiger charge is 2.43. The standard InChI is InChI=1S/C22H29FO4/c1-27-21(26)7-5-3-2-4-6-17-18(23)13-20(25)22(17)15-8-10-16-14(12-15)9-11-19(16)24/h2,4,8,10,12,17-20,22,24-25H,3,5-7,9,11,13H2,1H3/b4-2-/t17-,18?,19?,20+,22+/m0/s1. The van der Waals surface area contributed by atoms with E-state index in [-0.39, 0.29) is 24.2 Å². The van der Waals surface area contributed by atoms with Crippen LogP contribution < -0.4 is 0 Å². The highest BCUT2D eigenvalue weighted by Crippen LogP contribution is 2.45. The normalized spacial score (nSPS) is 30.0. The van der Waals surface area contributed by atoms with Crippen LogP contribution in [0.3, 0.4) is 0 Å². The van der Waals surface area contributed by atoms with E-state index in [0.29, 0.717) is 19.3 Å². The Labute approximate surface area is 160 Å². The molecule has 2 N–H and O–H groups in total. The number of unbranched alkanes of at least 4 members (excludes halogenated alkanes) is 1. The lowest BCUT2D eigenvalue weighted by Crippen LogP contribution is -2.18. The first-order valence-corrected chi connectivity index (χ1v) is 9.86. The summed E-state index contributed by atoms with van der Waals surface area (Å²) in [4.78, 5) is 11.1. The van der Waals surface area contributed by atoms with Crippen molar-refractivity contribution in [3.8, 4) is 0 Å². The lowest BCUT2D eigenvalue weighted by atomic mass is 9.84. The van der Waals surface area contributed by atoms with E-state index in [1.54, 1.807) is 0 Å². The first-order valence-electron chi connectivity index (χ1n) is 9.86. The smallest absolute Gasteiger partial charge is 0.305 e. The largest absolute Gasteiger partial charge is 0.469 e. The third-order valence-corrected chi connectivity index (χ3v) is 5.96. The number of carbonyl (C=O) groups excluding carboxylic acids is 1. The number of aliphatic hydroxyl groups is 2. The van der Waals surface area contributed by atoms with Gasteiger partial charge in [0.05, 0.1) is 19.3 Å². The molecule has 1 fully saturated rings. The van der Waals surface area contributed by atoms with E-state index in [2.05, 4.69) is 4.74 Å². The van der Waals surface area contributed by atoms with Crippen LogP contribution in [0.5, 0.6) is 0 Å². The molecular formula is C22H29FO4. The summed E-state index contributed by atoms with van der Waals surface area (Å²) in [7, 11) is 1.38. The Bertz CT molecular complexity index is 687. The van der Waals surface area contributed by atoms with Crippen molar-refractivity contribution in [1.82, 2.24) is 0 Å². The molecule has 5 atom stereocenters. The molecule has 3 rings (SSSR count). The second-order valence-corrected chi connectivity index (χ2v) is 7.70. The Kier molecular flexibility index (Phi) is 6.66. The van der Waals surface area contributed by atoms with E-state index in [1.165, 1.54) is 7.11 Å². The van der Waals surface area contributed by atoms with Gasteiger partial charge in [-0.1, -0.05) is 30.4 Å². The summed E-state index contributed by atoms with van der Waals surface area (Å²) < 4.78 is 19.2. The fraction of sp³-hybridized carbons (Fsp3) is 0.591. The summed E-state index contributed by atoms with van der Waals surface area (Å²) in [6, 6.07) is 5.91. The van der Waals surface area contributed by atoms with E-state index in [0.717, 1.165) is 36.0 Å². The minimum absolute atomic E-state index is 0.172. The van der Waals surface area contributed by atoms with Gasteiger partial charge < -0.3 is 14.9 Å². The molecule has 0 spiro atoms. The molecule has 4 nitrogen and oxygen atoms in total. The Balaban J connectivity index is 1.63. The van der Waals surface area contributed by atoms with Gasteiger partial charge in [0.2, 0.25) is 0 Å². The minimum atomic E-state index is -1.02. The van der Waals surface area contributed by atoms with Crippen LogP contribution in [-0.2, 0) is 16.0 Å². The number of methoxy groups -OCH3 is 1. The maximum atomic E-state index is 14.5. The number of esters is 1. The highest BCUT2D eigenvalue weighted by molar-refractivity contribution is 5.69. The molecule has 0 aromatic heterocycles. The molecule has 2 aliphatic rings. The van der Waals surface area contributed by atoms with Crippen LogP contribution >= 0.6 is 0 Å². The molecule has 0 saturated heterocycles.